The molecule has 0 radical (unpaired) electrons. The molecule has 172 valence electrons. The third kappa shape index (κ3) is 4.80. The van der Waals surface area contributed by atoms with Crippen LogP contribution in [0, 0.1) is 0 Å². The van der Waals surface area contributed by atoms with Crippen LogP contribution in [0.5, 0.6) is 0 Å². The molecule has 0 saturated carbocycles. The van der Waals surface area contributed by atoms with Gasteiger partial charge in [0.15, 0.2) is 6.04 Å². The Morgan fingerprint density at radius 2 is 1.82 bits per heavy atom. The van der Waals surface area contributed by atoms with Crippen LogP contribution >= 0.6 is 24.0 Å². The molecule has 7 nitrogen and oxygen atoms in total. The van der Waals surface area contributed by atoms with Gasteiger partial charge in [-0.15, -0.1) is 0 Å². The monoisotopic (exact) mass is 493 g/mol. The number of amides is 1. The van der Waals surface area contributed by atoms with Gasteiger partial charge >= 0.3 is 11.9 Å². The van der Waals surface area contributed by atoms with E-state index in [-0.39, 0.29) is 9.23 Å². The van der Waals surface area contributed by atoms with E-state index in [1.54, 1.807) is 79.7 Å². The summed E-state index contributed by atoms with van der Waals surface area (Å²) in [5, 5.41) is 9.78. The Labute approximate surface area is 205 Å². The molecule has 1 aliphatic rings. The number of aliphatic carboxylic acids is 1. The fourth-order valence-corrected chi connectivity index (χ4v) is 4.73. The van der Waals surface area contributed by atoms with Gasteiger partial charge in [-0.25, -0.2) is 9.59 Å². The topological polar surface area (TPSA) is 97.0 Å². The average molecular weight is 494 g/mol. The predicted molar refractivity (Wildman–Crippen MR) is 132 cm³/mol. The molecule has 9 heteroatoms. The van der Waals surface area contributed by atoms with E-state index in [9.17, 15) is 19.5 Å². The standard InChI is InChI=1S/C25H19NO6S2/c1-2-31-24(30)17-10-8-15(9-11-17)19-13-12-18(32-19)14-20-22(27)26(25(33)34-20)21(23(28)29)16-6-4-3-5-7-16/h3-14,21H,2H2,1H3,(H,28,29)/b20-14+/t21-/m0/s1. The summed E-state index contributed by atoms with van der Waals surface area (Å²) in [6.07, 6.45) is 1.54. The van der Waals surface area contributed by atoms with Gasteiger partial charge < -0.3 is 14.3 Å². The zero-order valence-electron chi connectivity index (χ0n) is 18.0. The highest BCUT2D eigenvalue weighted by molar-refractivity contribution is 8.26. The van der Waals surface area contributed by atoms with Crippen molar-refractivity contribution >= 4 is 52.2 Å². The van der Waals surface area contributed by atoms with Crippen molar-refractivity contribution in [2.75, 3.05) is 6.61 Å². The van der Waals surface area contributed by atoms with Crippen LogP contribution in [-0.4, -0.2) is 38.8 Å². The number of ether oxygens (including phenoxy) is 1. The molecule has 0 bridgehead atoms. The second-order valence-electron chi connectivity index (χ2n) is 7.20. The van der Waals surface area contributed by atoms with Gasteiger partial charge in [-0.1, -0.05) is 66.4 Å². The molecule has 2 heterocycles. The number of nitrogens with zero attached hydrogens (tertiary/aromatic N) is 1. The highest BCUT2D eigenvalue weighted by Gasteiger charge is 2.41. The molecule has 1 fully saturated rings. The highest BCUT2D eigenvalue weighted by Crippen LogP contribution is 2.38. The van der Waals surface area contributed by atoms with Crippen LogP contribution in [0.15, 0.2) is 76.1 Å². The van der Waals surface area contributed by atoms with Gasteiger partial charge in [0, 0.05) is 11.6 Å². The number of carbonyl (C=O) groups excluding carboxylic acids is 2. The van der Waals surface area contributed by atoms with Gasteiger partial charge in [0.2, 0.25) is 0 Å². The quantitative estimate of drug-likeness (QED) is 0.274. The van der Waals surface area contributed by atoms with Crippen molar-refractivity contribution in [3.05, 3.63) is 88.5 Å². The normalized spacial score (nSPS) is 15.6. The van der Waals surface area contributed by atoms with Crippen molar-refractivity contribution < 1.29 is 28.6 Å². The molecule has 0 spiro atoms. The molecule has 34 heavy (non-hydrogen) atoms. The molecule has 1 amide bonds. The SMILES string of the molecule is CCOC(=O)c1ccc(-c2ccc(/C=C3/SC(=S)N([C@H](C(=O)O)c4ccccc4)C3=O)o2)cc1. The van der Waals surface area contributed by atoms with Crippen LogP contribution in [0.4, 0.5) is 0 Å². The molecule has 3 aromatic rings. The molecule has 1 N–H and O–H groups in total. The van der Waals surface area contributed by atoms with E-state index in [0.717, 1.165) is 22.2 Å². The number of hydrogen-bond donors (Lipinski definition) is 1. The number of benzene rings is 2. The average Bonchev–Trinajstić information content (AvgIpc) is 3.40. The lowest BCUT2D eigenvalue weighted by Gasteiger charge is -2.23. The molecular weight excluding hydrogens is 474 g/mol. The lowest BCUT2D eigenvalue weighted by atomic mass is 10.1. The molecule has 0 aliphatic carbocycles. The molecule has 1 atom stereocenters. The first kappa shape index (κ1) is 23.5. The Morgan fingerprint density at radius 3 is 2.47 bits per heavy atom. The summed E-state index contributed by atoms with van der Waals surface area (Å²) in [5.41, 5.74) is 1.64. The number of rotatable bonds is 7. The summed E-state index contributed by atoms with van der Waals surface area (Å²) in [6.45, 7) is 2.04. The number of carbonyl (C=O) groups is 3. The summed E-state index contributed by atoms with van der Waals surface area (Å²) in [6, 6.07) is 17.5. The number of thiocarbonyl (C=S) groups is 1. The minimum absolute atomic E-state index is 0.161. The maximum atomic E-state index is 13.1. The Kier molecular flexibility index (Phi) is 6.95. The molecule has 0 unspecified atom stereocenters. The first-order valence-corrected chi connectivity index (χ1v) is 11.5. The zero-order chi connectivity index (χ0) is 24.2. The lowest BCUT2D eigenvalue weighted by molar-refractivity contribution is -0.145. The van der Waals surface area contributed by atoms with Gasteiger partial charge in [0.1, 0.15) is 15.8 Å². The fourth-order valence-electron chi connectivity index (χ4n) is 3.44. The summed E-state index contributed by atoms with van der Waals surface area (Å²) in [4.78, 5) is 38.2. The van der Waals surface area contributed by atoms with Crippen LogP contribution in [0.25, 0.3) is 17.4 Å². The molecule has 1 aliphatic heterocycles. The first-order valence-electron chi connectivity index (χ1n) is 10.3. The van der Waals surface area contributed by atoms with E-state index >= 15 is 0 Å². The molecular formula is C25H19NO6S2. The largest absolute Gasteiger partial charge is 0.479 e. The number of thioether (sulfide) groups is 1. The third-order valence-electron chi connectivity index (χ3n) is 5.01. The summed E-state index contributed by atoms with van der Waals surface area (Å²) in [5.74, 6) is -1.11. The van der Waals surface area contributed by atoms with Gasteiger partial charge in [-0.05, 0) is 36.8 Å². The van der Waals surface area contributed by atoms with E-state index in [1.165, 1.54) is 0 Å². The summed E-state index contributed by atoms with van der Waals surface area (Å²) < 4.78 is 11.0. The second kappa shape index (κ2) is 10.1. The van der Waals surface area contributed by atoms with Crippen molar-refractivity contribution in [2.45, 2.75) is 13.0 Å². The third-order valence-corrected chi connectivity index (χ3v) is 6.34. The highest BCUT2D eigenvalue weighted by atomic mass is 32.2. The Bertz CT molecular complexity index is 1280. The van der Waals surface area contributed by atoms with Crippen molar-refractivity contribution in [3.63, 3.8) is 0 Å². The second-order valence-corrected chi connectivity index (χ2v) is 8.88. The van der Waals surface area contributed by atoms with Gasteiger partial charge in [-0.2, -0.15) is 0 Å². The molecule has 1 saturated heterocycles. The van der Waals surface area contributed by atoms with Crippen molar-refractivity contribution in [1.29, 1.82) is 0 Å². The minimum Gasteiger partial charge on any atom is -0.479 e. The van der Waals surface area contributed by atoms with Crippen LogP contribution < -0.4 is 0 Å². The molecule has 2 aromatic carbocycles. The smallest absolute Gasteiger partial charge is 0.338 e. The Balaban J connectivity index is 1.55. The maximum Gasteiger partial charge on any atom is 0.338 e. The van der Waals surface area contributed by atoms with Crippen molar-refractivity contribution in [1.82, 2.24) is 4.90 Å². The Morgan fingerprint density at radius 1 is 1.12 bits per heavy atom. The van der Waals surface area contributed by atoms with Crippen LogP contribution in [-0.2, 0) is 14.3 Å². The Hall–Kier alpha value is -3.69. The number of furan rings is 1. The van der Waals surface area contributed by atoms with Gasteiger partial charge in [0.05, 0.1) is 17.1 Å². The van der Waals surface area contributed by atoms with Crippen molar-refractivity contribution in [2.24, 2.45) is 0 Å². The van der Waals surface area contributed by atoms with E-state index in [2.05, 4.69) is 0 Å². The van der Waals surface area contributed by atoms with E-state index in [0.29, 0.717) is 29.3 Å². The van der Waals surface area contributed by atoms with E-state index in [4.69, 9.17) is 21.4 Å². The van der Waals surface area contributed by atoms with Crippen LogP contribution in [0.1, 0.15) is 34.6 Å². The van der Waals surface area contributed by atoms with Crippen LogP contribution in [0.2, 0.25) is 0 Å². The first-order chi connectivity index (χ1) is 16.4. The minimum atomic E-state index is -1.22. The number of esters is 1. The zero-order valence-corrected chi connectivity index (χ0v) is 19.6. The fraction of sp³-hybridized carbons (Fsp3) is 0.120. The van der Waals surface area contributed by atoms with E-state index < -0.39 is 23.9 Å². The molecule has 4 rings (SSSR count). The number of hydrogen-bond acceptors (Lipinski definition) is 7. The lowest BCUT2D eigenvalue weighted by Crippen LogP contribution is -2.37. The number of carboxylic acid groups (broad SMARTS) is 1. The number of carboxylic acids is 1. The van der Waals surface area contributed by atoms with Gasteiger partial charge in [-0.3, -0.25) is 9.69 Å². The van der Waals surface area contributed by atoms with Crippen LogP contribution in [0.3, 0.4) is 0 Å². The van der Waals surface area contributed by atoms with E-state index in [1.807, 2.05) is 0 Å². The predicted octanol–water partition coefficient (Wildman–Crippen LogP) is 5.15. The van der Waals surface area contributed by atoms with Crippen molar-refractivity contribution in [3.8, 4) is 11.3 Å². The van der Waals surface area contributed by atoms with Gasteiger partial charge in [0.25, 0.3) is 5.91 Å². The summed E-state index contributed by atoms with van der Waals surface area (Å²) in [7, 11) is 0. The maximum absolute atomic E-state index is 13.1. The summed E-state index contributed by atoms with van der Waals surface area (Å²) >= 11 is 6.36. The molecule has 1 aromatic heterocycles.